The van der Waals surface area contributed by atoms with E-state index in [1.54, 1.807) is 48.5 Å². The van der Waals surface area contributed by atoms with Gasteiger partial charge in [0.15, 0.2) is 0 Å². The summed E-state index contributed by atoms with van der Waals surface area (Å²) in [5, 5.41) is 3.02. The van der Waals surface area contributed by atoms with Crippen LogP contribution in [0.25, 0.3) is 0 Å². The predicted octanol–water partition coefficient (Wildman–Crippen LogP) is 2.56. The van der Waals surface area contributed by atoms with Gasteiger partial charge in [0.25, 0.3) is 0 Å². The lowest BCUT2D eigenvalue weighted by Crippen LogP contribution is -2.41. The molecule has 0 aromatic heterocycles. The second kappa shape index (κ2) is 9.30. The van der Waals surface area contributed by atoms with Gasteiger partial charge in [-0.3, -0.25) is 0 Å². The van der Waals surface area contributed by atoms with Crippen molar-refractivity contribution in [3.8, 4) is 11.5 Å². The summed E-state index contributed by atoms with van der Waals surface area (Å²) in [5.41, 5.74) is 0.539. The van der Waals surface area contributed by atoms with Crippen molar-refractivity contribution in [2.45, 2.75) is 5.75 Å². The van der Waals surface area contributed by atoms with Crippen molar-refractivity contribution < 1.29 is 22.7 Å². The van der Waals surface area contributed by atoms with E-state index in [0.717, 1.165) is 0 Å². The van der Waals surface area contributed by atoms with Crippen LogP contribution in [-0.4, -0.2) is 34.7 Å². The summed E-state index contributed by atoms with van der Waals surface area (Å²) in [4.78, 5) is 11.7. The van der Waals surface area contributed by atoms with E-state index in [-0.39, 0.29) is 18.9 Å². The number of hydrogen-bond acceptors (Lipinski definition) is 5. The van der Waals surface area contributed by atoms with Crippen molar-refractivity contribution in [1.29, 1.82) is 0 Å². The summed E-state index contributed by atoms with van der Waals surface area (Å²) in [6.45, 7) is 0.333. The molecule has 0 aliphatic heterocycles. The van der Waals surface area contributed by atoms with Crippen molar-refractivity contribution >= 4 is 27.7 Å². The molecule has 0 unspecified atom stereocenters. The van der Waals surface area contributed by atoms with Crippen molar-refractivity contribution in [2.75, 3.05) is 20.3 Å². The predicted molar refractivity (Wildman–Crippen MR) is 99.1 cm³/mol. The lowest BCUT2D eigenvalue weighted by molar-refractivity contribution is 0.241. The van der Waals surface area contributed by atoms with Crippen LogP contribution >= 0.6 is 11.6 Å². The topological polar surface area (TPSA) is 93.7 Å². The van der Waals surface area contributed by atoms with E-state index in [4.69, 9.17) is 21.1 Å². The van der Waals surface area contributed by atoms with Gasteiger partial charge in [0.2, 0.25) is 10.0 Å². The van der Waals surface area contributed by atoms with Crippen molar-refractivity contribution in [3.63, 3.8) is 0 Å². The fourth-order valence-electron chi connectivity index (χ4n) is 2.02. The summed E-state index contributed by atoms with van der Waals surface area (Å²) in [7, 11) is -2.28. The SMILES string of the molecule is COc1ccc(CS(=O)(=O)NC(=O)NCCOc2ccc(Cl)cc2)cc1. The molecule has 26 heavy (non-hydrogen) atoms. The maximum Gasteiger partial charge on any atom is 0.328 e. The summed E-state index contributed by atoms with van der Waals surface area (Å²) in [5.74, 6) is 0.910. The highest BCUT2D eigenvalue weighted by molar-refractivity contribution is 7.89. The Morgan fingerprint density at radius 3 is 2.27 bits per heavy atom. The van der Waals surface area contributed by atoms with Gasteiger partial charge in [-0.1, -0.05) is 23.7 Å². The number of benzene rings is 2. The third-order valence-corrected chi connectivity index (χ3v) is 4.70. The van der Waals surface area contributed by atoms with Crippen LogP contribution in [0.2, 0.25) is 5.02 Å². The standard InChI is InChI=1S/C17H19ClN2O5S/c1-24-15-6-2-13(3-7-15)12-26(22,23)20-17(21)19-10-11-25-16-8-4-14(18)5-9-16/h2-9H,10-12H2,1H3,(H2,19,20,21). The first-order valence-corrected chi connectivity index (χ1v) is 9.70. The molecule has 0 atom stereocenters. The number of amides is 2. The van der Waals surface area contributed by atoms with E-state index < -0.39 is 16.1 Å². The molecular weight excluding hydrogens is 380 g/mol. The molecule has 2 rings (SSSR count). The molecule has 7 nitrogen and oxygen atoms in total. The third-order valence-electron chi connectivity index (χ3n) is 3.23. The molecule has 0 aliphatic carbocycles. The number of sulfonamides is 1. The Labute approximate surface area is 157 Å². The lowest BCUT2D eigenvalue weighted by Gasteiger charge is -2.10. The Bertz CT molecular complexity index is 823. The van der Waals surface area contributed by atoms with Gasteiger partial charge >= 0.3 is 6.03 Å². The van der Waals surface area contributed by atoms with Crippen LogP contribution in [0.15, 0.2) is 48.5 Å². The molecule has 0 heterocycles. The monoisotopic (exact) mass is 398 g/mol. The number of hydrogen-bond donors (Lipinski definition) is 2. The Morgan fingerprint density at radius 1 is 1.04 bits per heavy atom. The minimum Gasteiger partial charge on any atom is -0.497 e. The Kier molecular flexibility index (Phi) is 7.11. The number of nitrogens with one attached hydrogen (secondary N) is 2. The fraction of sp³-hybridized carbons (Fsp3) is 0.235. The zero-order valence-corrected chi connectivity index (χ0v) is 15.6. The van der Waals surface area contributed by atoms with Crippen molar-refractivity contribution in [3.05, 3.63) is 59.1 Å². The van der Waals surface area contributed by atoms with E-state index in [2.05, 4.69) is 5.32 Å². The Hall–Kier alpha value is -2.45. The molecule has 2 amide bonds. The first-order valence-electron chi connectivity index (χ1n) is 7.67. The summed E-state index contributed by atoms with van der Waals surface area (Å²) >= 11 is 5.77. The Morgan fingerprint density at radius 2 is 1.65 bits per heavy atom. The first kappa shape index (κ1) is 19.9. The molecule has 140 valence electrons. The summed E-state index contributed by atoms with van der Waals surface area (Å²) < 4.78 is 36.4. The zero-order valence-electron chi connectivity index (χ0n) is 14.1. The second-order valence-corrected chi connectivity index (χ2v) is 7.43. The average molecular weight is 399 g/mol. The summed E-state index contributed by atoms with van der Waals surface area (Å²) in [6.07, 6.45) is 0. The van der Waals surface area contributed by atoms with E-state index in [1.807, 2.05) is 4.72 Å². The quantitative estimate of drug-likeness (QED) is 0.666. The smallest absolute Gasteiger partial charge is 0.328 e. The molecule has 0 aliphatic rings. The third kappa shape index (κ3) is 6.81. The molecule has 2 N–H and O–H groups in total. The van der Waals surface area contributed by atoms with E-state index >= 15 is 0 Å². The minimum absolute atomic E-state index is 0.145. The van der Waals surface area contributed by atoms with E-state index in [9.17, 15) is 13.2 Å². The Balaban J connectivity index is 1.73. The lowest BCUT2D eigenvalue weighted by atomic mass is 10.2. The van der Waals surface area contributed by atoms with Crippen LogP contribution < -0.4 is 19.5 Å². The molecule has 0 spiro atoms. The van der Waals surface area contributed by atoms with Crippen LogP contribution in [0, 0.1) is 0 Å². The van der Waals surface area contributed by atoms with Crippen molar-refractivity contribution in [1.82, 2.24) is 10.0 Å². The number of methoxy groups -OCH3 is 1. The van der Waals surface area contributed by atoms with Crippen molar-refractivity contribution in [2.24, 2.45) is 0 Å². The maximum atomic E-state index is 12.0. The molecular formula is C17H19ClN2O5S. The van der Waals surface area contributed by atoms with Crippen LogP contribution in [-0.2, 0) is 15.8 Å². The van der Waals surface area contributed by atoms with Crippen LogP contribution in [0.3, 0.4) is 0 Å². The first-order chi connectivity index (χ1) is 12.4. The van der Waals surface area contributed by atoms with Gasteiger partial charge in [-0.15, -0.1) is 0 Å². The molecule has 0 bridgehead atoms. The molecule has 2 aromatic rings. The average Bonchev–Trinajstić information content (AvgIpc) is 2.60. The van der Waals surface area contributed by atoms with Crippen LogP contribution in [0.4, 0.5) is 4.79 Å². The van der Waals surface area contributed by atoms with Gasteiger partial charge in [0.05, 0.1) is 19.4 Å². The van der Waals surface area contributed by atoms with E-state index in [0.29, 0.717) is 22.1 Å². The number of carbonyl (C=O) groups excluding carboxylic acids is 1. The van der Waals surface area contributed by atoms with Gasteiger partial charge in [-0.2, -0.15) is 0 Å². The second-order valence-electron chi connectivity index (χ2n) is 5.27. The van der Waals surface area contributed by atoms with Crippen LogP contribution in [0.1, 0.15) is 5.56 Å². The molecule has 0 saturated carbocycles. The fourth-order valence-corrected chi connectivity index (χ4v) is 3.20. The highest BCUT2D eigenvalue weighted by Gasteiger charge is 2.15. The van der Waals surface area contributed by atoms with E-state index in [1.165, 1.54) is 7.11 Å². The summed E-state index contributed by atoms with van der Waals surface area (Å²) in [6, 6.07) is 12.5. The zero-order chi connectivity index (χ0) is 19.0. The van der Waals surface area contributed by atoms with Gasteiger partial charge in [0.1, 0.15) is 18.1 Å². The molecule has 0 radical (unpaired) electrons. The normalized spacial score (nSPS) is 10.8. The van der Waals surface area contributed by atoms with Gasteiger partial charge < -0.3 is 14.8 Å². The number of halogens is 1. The molecule has 9 heteroatoms. The van der Waals surface area contributed by atoms with Gasteiger partial charge in [0, 0.05) is 5.02 Å². The highest BCUT2D eigenvalue weighted by Crippen LogP contribution is 2.15. The minimum atomic E-state index is -3.81. The number of ether oxygens (including phenoxy) is 2. The largest absolute Gasteiger partial charge is 0.497 e. The number of urea groups is 1. The number of rotatable bonds is 8. The molecule has 0 saturated heterocycles. The maximum absolute atomic E-state index is 12.0. The van der Waals surface area contributed by atoms with Gasteiger partial charge in [-0.05, 0) is 42.0 Å². The molecule has 2 aromatic carbocycles. The van der Waals surface area contributed by atoms with Gasteiger partial charge in [-0.25, -0.2) is 17.9 Å². The highest BCUT2D eigenvalue weighted by atomic mass is 35.5. The molecule has 0 fully saturated rings. The van der Waals surface area contributed by atoms with Crippen LogP contribution in [0.5, 0.6) is 11.5 Å². The number of carbonyl (C=O) groups is 1.